The molecule has 0 saturated heterocycles. The minimum absolute atomic E-state index is 0.0478. The third-order valence-electron chi connectivity index (χ3n) is 3.31. The highest BCUT2D eigenvalue weighted by molar-refractivity contribution is 7.98. The molecule has 98 valence electrons. The molecule has 0 bridgehead atoms. The van der Waals surface area contributed by atoms with Gasteiger partial charge in [-0.25, -0.2) is 0 Å². The predicted octanol–water partition coefficient (Wildman–Crippen LogP) is 1.81. The molecule has 0 saturated carbocycles. The molecule has 3 nitrogen and oxygen atoms in total. The molecular weight excluding hydrogens is 220 g/mol. The molecule has 0 fully saturated rings. The molecule has 0 aliphatic rings. The van der Waals surface area contributed by atoms with Crippen molar-refractivity contribution >= 4 is 11.8 Å². The molecule has 0 aromatic heterocycles. The molecule has 2 atom stereocenters. The Morgan fingerprint density at radius 1 is 1.50 bits per heavy atom. The first kappa shape index (κ1) is 16.2. The summed E-state index contributed by atoms with van der Waals surface area (Å²) in [6.45, 7) is 8.55. The van der Waals surface area contributed by atoms with Crippen molar-refractivity contribution in [3.8, 4) is 0 Å². The summed E-state index contributed by atoms with van der Waals surface area (Å²) in [4.78, 5) is 2.36. The van der Waals surface area contributed by atoms with Crippen molar-refractivity contribution in [3.63, 3.8) is 0 Å². The third-order valence-corrected chi connectivity index (χ3v) is 3.95. The molecule has 0 aliphatic carbocycles. The first-order chi connectivity index (χ1) is 7.51. The molecule has 0 rings (SSSR count). The fourth-order valence-electron chi connectivity index (χ4n) is 1.64. The van der Waals surface area contributed by atoms with E-state index >= 15 is 0 Å². The van der Waals surface area contributed by atoms with Gasteiger partial charge >= 0.3 is 0 Å². The number of nitrogens with zero attached hydrogens (tertiary/aromatic N) is 1. The number of rotatable bonds is 9. The smallest absolute Gasteiger partial charge is 0.0659 e. The first-order valence-corrected chi connectivity index (χ1v) is 7.41. The van der Waals surface area contributed by atoms with E-state index in [-0.39, 0.29) is 5.54 Å². The zero-order valence-corrected chi connectivity index (χ0v) is 12.3. The van der Waals surface area contributed by atoms with Crippen molar-refractivity contribution in [2.45, 2.75) is 38.8 Å². The van der Waals surface area contributed by atoms with Gasteiger partial charge in [-0.3, -0.25) is 4.90 Å². The van der Waals surface area contributed by atoms with Gasteiger partial charge < -0.3 is 10.5 Å². The van der Waals surface area contributed by atoms with Gasteiger partial charge in [0.05, 0.1) is 12.1 Å². The lowest BCUT2D eigenvalue weighted by Crippen LogP contribution is -2.56. The Hall–Kier alpha value is 0.230. The van der Waals surface area contributed by atoms with Gasteiger partial charge in [0.2, 0.25) is 0 Å². The maximum absolute atomic E-state index is 5.89. The second-order valence-corrected chi connectivity index (χ2v) is 5.57. The predicted molar refractivity (Wildman–Crippen MR) is 74.2 cm³/mol. The van der Waals surface area contributed by atoms with Crippen LogP contribution in [0.4, 0.5) is 0 Å². The number of likely N-dealkylation sites (N-methyl/N-ethyl adjacent to an activating group) is 1. The van der Waals surface area contributed by atoms with Gasteiger partial charge in [-0.2, -0.15) is 11.8 Å². The summed E-state index contributed by atoms with van der Waals surface area (Å²) in [5.41, 5.74) is 5.84. The number of ether oxygens (including phenoxy) is 1. The summed E-state index contributed by atoms with van der Waals surface area (Å²) >= 11 is 1.89. The average Bonchev–Trinajstić information content (AvgIpc) is 2.31. The molecule has 2 unspecified atom stereocenters. The second kappa shape index (κ2) is 8.34. The Labute approximate surface area is 105 Å². The van der Waals surface area contributed by atoms with Gasteiger partial charge in [-0.15, -0.1) is 0 Å². The summed E-state index contributed by atoms with van der Waals surface area (Å²) in [7, 11) is 2.15. The van der Waals surface area contributed by atoms with Gasteiger partial charge in [0, 0.05) is 19.2 Å². The molecule has 4 heteroatoms. The zero-order chi connectivity index (χ0) is 12.6. The van der Waals surface area contributed by atoms with Crippen LogP contribution >= 0.6 is 11.8 Å². The lowest BCUT2D eigenvalue weighted by Gasteiger charge is -2.41. The summed E-state index contributed by atoms with van der Waals surface area (Å²) in [5, 5.41) is 0. The van der Waals surface area contributed by atoms with Crippen LogP contribution in [-0.2, 0) is 4.74 Å². The normalized spacial score (nSPS) is 17.4. The molecule has 0 radical (unpaired) electrons. The van der Waals surface area contributed by atoms with E-state index in [0.717, 1.165) is 6.61 Å². The minimum atomic E-state index is -0.0478. The topological polar surface area (TPSA) is 38.5 Å². The summed E-state index contributed by atoms with van der Waals surface area (Å²) < 4.78 is 5.54. The van der Waals surface area contributed by atoms with Crippen LogP contribution in [0.3, 0.4) is 0 Å². The van der Waals surface area contributed by atoms with E-state index in [1.165, 1.54) is 12.2 Å². The van der Waals surface area contributed by atoms with Crippen LogP contribution in [0.1, 0.15) is 27.2 Å². The van der Waals surface area contributed by atoms with Crippen LogP contribution in [-0.4, -0.2) is 55.3 Å². The second-order valence-electron chi connectivity index (χ2n) is 4.58. The minimum Gasteiger partial charge on any atom is -0.380 e. The van der Waals surface area contributed by atoms with E-state index in [2.05, 4.69) is 32.1 Å². The van der Waals surface area contributed by atoms with Crippen molar-refractivity contribution in [2.24, 2.45) is 5.73 Å². The van der Waals surface area contributed by atoms with Crippen molar-refractivity contribution in [3.05, 3.63) is 0 Å². The number of thioether (sulfide) groups is 1. The molecule has 0 spiro atoms. The monoisotopic (exact) mass is 248 g/mol. The Balaban J connectivity index is 4.30. The van der Waals surface area contributed by atoms with E-state index in [1.807, 2.05) is 18.7 Å². The molecule has 0 aliphatic heterocycles. The maximum Gasteiger partial charge on any atom is 0.0659 e. The summed E-state index contributed by atoms with van der Waals surface area (Å²) in [6, 6.07) is 0.543. The summed E-state index contributed by atoms with van der Waals surface area (Å²) in [5.74, 6) is 1.20. The number of hydrogen-bond donors (Lipinski definition) is 1. The SMILES string of the molecule is CCOCC(C)(CN)N(C)C(C)CCSC. The van der Waals surface area contributed by atoms with Gasteiger partial charge in [-0.1, -0.05) is 0 Å². The van der Waals surface area contributed by atoms with Gasteiger partial charge in [0.15, 0.2) is 0 Å². The van der Waals surface area contributed by atoms with Gasteiger partial charge in [0.1, 0.15) is 0 Å². The fourth-order valence-corrected chi connectivity index (χ4v) is 2.22. The van der Waals surface area contributed by atoms with Crippen LogP contribution in [0.2, 0.25) is 0 Å². The van der Waals surface area contributed by atoms with Gasteiger partial charge in [0.25, 0.3) is 0 Å². The van der Waals surface area contributed by atoms with Crippen LogP contribution < -0.4 is 5.73 Å². The quantitative estimate of drug-likeness (QED) is 0.675. The molecule has 2 N–H and O–H groups in total. The lowest BCUT2D eigenvalue weighted by atomic mass is 9.99. The van der Waals surface area contributed by atoms with Crippen LogP contribution in [0.25, 0.3) is 0 Å². The third kappa shape index (κ3) is 5.04. The highest BCUT2D eigenvalue weighted by Gasteiger charge is 2.30. The molecule has 0 aromatic carbocycles. The molecule has 0 aromatic rings. The van der Waals surface area contributed by atoms with Crippen molar-refractivity contribution in [1.82, 2.24) is 4.90 Å². The maximum atomic E-state index is 5.89. The Bertz CT molecular complexity index is 180. The lowest BCUT2D eigenvalue weighted by molar-refractivity contribution is 0.00551. The van der Waals surface area contributed by atoms with E-state index in [4.69, 9.17) is 10.5 Å². The van der Waals surface area contributed by atoms with E-state index in [9.17, 15) is 0 Å². The van der Waals surface area contributed by atoms with E-state index in [0.29, 0.717) is 19.2 Å². The largest absolute Gasteiger partial charge is 0.380 e. The molecule has 16 heavy (non-hydrogen) atoms. The van der Waals surface area contributed by atoms with Crippen molar-refractivity contribution in [1.29, 1.82) is 0 Å². The Morgan fingerprint density at radius 3 is 2.56 bits per heavy atom. The number of nitrogens with two attached hydrogens (primary N) is 1. The average molecular weight is 248 g/mol. The standard InChI is InChI=1S/C12H28N2OS/c1-6-15-10-12(3,9-13)14(4)11(2)7-8-16-5/h11H,6-10,13H2,1-5H3. The van der Waals surface area contributed by atoms with Crippen molar-refractivity contribution < 1.29 is 4.74 Å². The molecule has 0 amide bonds. The van der Waals surface area contributed by atoms with Crippen LogP contribution in [0, 0.1) is 0 Å². The summed E-state index contributed by atoms with van der Waals surface area (Å²) in [6.07, 6.45) is 3.34. The fraction of sp³-hybridized carbons (Fsp3) is 1.00. The van der Waals surface area contributed by atoms with Crippen LogP contribution in [0.15, 0.2) is 0 Å². The van der Waals surface area contributed by atoms with E-state index in [1.54, 1.807) is 0 Å². The van der Waals surface area contributed by atoms with Crippen LogP contribution in [0.5, 0.6) is 0 Å². The molecule has 0 heterocycles. The Morgan fingerprint density at radius 2 is 2.12 bits per heavy atom. The highest BCUT2D eigenvalue weighted by Crippen LogP contribution is 2.18. The zero-order valence-electron chi connectivity index (χ0n) is 11.5. The van der Waals surface area contributed by atoms with Crippen molar-refractivity contribution in [2.75, 3.05) is 38.8 Å². The Kier molecular flexibility index (Phi) is 8.46. The van der Waals surface area contributed by atoms with Gasteiger partial charge in [-0.05, 0) is 46.2 Å². The molecular formula is C12H28N2OS. The van der Waals surface area contributed by atoms with E-state index < -0.39 is 0 Å². The number of hydrogen-bond acceptors (Lipinski definition) is 4. The first-order valence-electron chi connectivity index (χ1n) is 6.01. The highest BCUT2D eigenvalue weighted by atomic mass is 32.2.